The molecular formula is C15H20FN. The lowest BCUT2D eigenvalue weighted by molar-refractivity contribution is 0.532. The van der Waals surface area contributed by atoms with Crippen molar-refractivity contribution in [3.05, 3.63) is 35.6 Å². The van der Waals surface area contributed by atoms with E-state index < -0.39 is 0 Å². The molecule has 17 heavy (non-hydrogen) atoms. The molecule has 0 radical (unpaired) electrons. The molecule has 0 amide bonds. The molecule has 2 atom stereocenters. The minimum absolute atomic E-state index is 0.101. The molecule has 0 saturated heterocycles. The molecule has 1 nitrogen and oxygen atoms in total. The molecule has 2 aliphatic rings. The summed E-state index contributed by atoms with van der Waals surface area (Å²) in [6.07, 6.45) is 5.01. The number of halogens is 1. The molecule has 2 heteroatoms. The van der Waals surface area contributed by atoms with Crippen molar-refractivity contribution in [1.82, 2.24) is 5.32 Å². The van der Waals surface area contributed by atoms with Gasteiger partial charge in [0.05, 0.1) is 0 Å². The zero-order valence-electron chi connectivity index (χ0n) is 10.4. The Hall–Kier alpha value is -0.890. The minimum Gasteiger partial charge on any atom is -0.314 e. The van der Waals surface area contributed by atoms with E-state index in [1.54, 1.807) is 6.07 Å². The van der Waals surface area contributed by atoms with Crippen molar-refractivity contribution in [3.63, 3.8) is 0 Å². The molecule has 2 fully saturated rings. The van der Waals surface area contributed by atoms with Crippen molar-refractivity contribution in [2.75, 3.05) is 6.54 Å². The van der Waals surface area contributed by atoms with Gasteiger partial charge in [-0.3, -0.25) is 0 Å². The highest BCUT2D eigenvalue weighted by Gasteiger charge is 2.53. The molecule has 92 valence electrons. The van der Waals surface area contributed by atoms with Gasteiger partial charge in [0.15, 0.2) is 0 Å². The van der Waals surface area contributed by atoms with Crippen molar-refractivity contribution in [3.8, 4) is 0 Å². The van der Waals surface area contributed by atoms with Crippen molar-refractivity contribution >= 4 is 0 Å². The van der Waals surface area contributed by atoms with Gasteiger partial charge in [0, 0.05) is 6.04 Å². The van der Waals surface area contributed by atoms with Gasteiger partial charge < -0.3 is 5.32 Å². The second kappa shape index (κ2) is 4.09. The first-order valence-corrected chi connectivity index (χ1v) is 6.74. The predicted molar refractivity (Wildman–Crippen MR) is 67.5 cm³/mol. The summed E-state index contributed by atoms with van der Waals surface area (Å²) in [6.45, 7) is 3.33. The van der Waals surface area contributed by atoms with Crippen LogP contribution < -0.4 is 5.32 Å². The van der Waals surface area contributed by atoms with Crippen LogP contribution in [-0.4, -0.2) is 12.6 Å². The smallest absolute Gasteiger partial charge is 0.123 e. The third-order valence-corrected chi connectivity index (χ3v) is 4.49. The van der Waals surface area contributed by atoms with Gasteiger partial charge in [-0.15, -0.1) is 0 Å². The van der Waals surface area contributed by atoms with Crippen LogP contribution in [0.2, 0.25) is 0 Å². The van der Waals surface area contributed by atoms with Crippen molar-refractivity contribution in [2.24, 2.45) is 5.92 Å². The third-order valence-electron chi connectivity index (χ3n) is 4.49. The van der Waals surface area contributed by atoms with Crippen LogP contribution in [0.5, 0.6) is 0 Å². The van der Waals surface area contributed by atoms with Gasteiger partial charge in [-0.05, 0) is 61.3 Å². The van der Waals surface area contributed by atoms with Gasteiger partial charge in [-0.1, -0.05) is 19.1 Å². The summed E-state index contributed by atoms with van der Waals surface area (Å²) in [5.74, 6) is 0.603. The Bertz CT molecular complexity index is 413. The van der Waals surface area contributed by atoms with E-state index in [-0.39, 0.29) is 11.2 Å². The molecule has 0 heterocycles. The van der Waals surface area contributed by atoms with Crippen LogP contribution in [0.3, 0.4) is 0 Å². The monoisotopic (exact) mass is 233 g/mol. The first-order valence-electron chi connectivity index (χ1n) is 6.74. The van der Waals surface area contributed by atoms with Gasteiger partial charge >= 0.3 is 0 Å². The maximum atomic E-state index is 13.3. The number of rotatable bonds is 5. The van der Waals surface area contributed by atoms with E-state index in [2.05, 4.69) is 18.3 Å². The maximum absolute atomic E-state index is 13.3. The lowest BCUT2D eigenvalue weighted by atomic mass is 9.90. The van der Waals surface area contributed by atoms with Crippen LogP contribution in [0.15, 0.2) is 24.3 Å². The fraction of sp³-hybridized carbons (Fsp3) is 0.600. The molecular weight excluding hydrogens is 213 g/mol. The van der Waals surface area contributed by atoms with Crippen LogP contribution >= 0.6 is 0 Å². The number of hydrogen-bond donors (Lipinski definition) is 1. The normalized spacial score (nSPS) is 31.5. The SMILES string of the molecule is CCC1(c2cccc(F)c2)CC1CNC1CC1. The Kier molecular flexibility index (Phi) is 2.70. The van der Waals surface area contributed by atoms with Gasteiger partial charge in [0.2, 0.25) is 0 Å². The van der Waals surface area contributed by atoms with Crippen LogP contribution in [0, 0.1) is 11.7 Å². The number of nitrogens with one attached hydrogen (secondary N) is 1. The van der Waals surface area contributed by atoms with E-state index in [0.717, 1.165) is 19.0 Å². The Morgan fingerprint density at radius 3 is 2.88 bits per heavy atom. The summed E-state index contributed by atoms with van der Waals surface area (Å²) in [5.41, 5.74) is 1.45. The molecule has 1 aromatic carbocycles. The summed E-state index contributed by atoms with van der Waals surface area (Å²) < 4.78 is 13.3. The Morgan fingerprint density at radius 1 is 1.41 bits per heavy atom. The minimum atomic E-state index is -0.101. The van der Waals surface area contributed by atoms with E-state index in [1.807, 2.05) is 6.07 Å². The van der Waals surface area contributed by atoms with Gasteiger partial charge in [0.25, 0.3) is 0 Å². The van der Waals surface area contributed by atoms with Crippen LogP contribution in [0.4, 0.5) is 4.39 Å². The Balaban J connectivity index is 1.70. The Labute approximate surface area is 102 Å². The quantitative estimate of drug-likeness (QED) is 0.823. The lowest BCUT2D eigenvalue weighted by Gasteiger charge is -2.16. The van der Waals surface area contributed by atoms with Gasteiger partial charge in [-0.25, -0.2) is 4.39 Å². The van der Waals surface area contributed by atoms with Crippen molar-refractivity contribution in [2.45, 2.75) is 44.1 Å². The fourth-order valence-corrected chi connectivity index (χ4v) is 3.03. The zero-order valence-corrected chi connectivity index (χ0v) is 10.4. The molecule has 2 saturated carbocycles. The summed E-state index contributed by atoms with van der Waals surface area (Å²) in [4.78, 5) is 0. The van der Waals surface area contributed by atoms with E-state index in [4.69, 9.17) is 0 Å². The standard InChI is InChI=1S/C15H20FN/c1-2-15(11-4-3-5-13(16)8-11)9-12(15)10-17-14-6-7-14/h3-5,8,12,14,17H,2,6-7,9-10H2,1H3. The molecule has 0 spiro atoms. The average Bonchev–Trinajstić information content (AvgIpc) is 3.22. The highest BCUT2D eigenvalue weighted by molar-refractivity contribution is 5.34. The maximum Gasteiger partial charge on any atom is 0.123 e. The van der Waals surface area contributed by atoms with Gasteiger partial charge in [0.1, 0.15) is 5.82 Å². The van der Waals surface area contributed by atoms with E-state index in [1.165, 1.54) is 30.9 Å². The first-order chi connectivity index (χ1) is 8.24. The molecule has 0 bridgehead atoms. The third kappa shape index (κ3) is 2.11. The lowest BCUT2D eigenvalue weighted by Crippen LogP contribution is -2.23. The molecule has 1 N–H and O–H groups in total. The van der Waals surface area contributed by atoms with Crippen molar-refractivity contribution < 1.29 is 4.39 Å². The van der Waals surface area contributed by atoms with Crippen LogP contribution in [0.1, 0.15) is 38.2 Å². The van der Waals surface area contributed by atoms with E-state index in [9.17, 15) is 4.39 Å². The summed E-state index contributed by atoms with van der Waals surface area (Å²) in [5, 5.41) is 3.60. The molecule has 1 aromatic rings. The summed E-state index contributed by atoms with van der Waals surface area (Å²) in [6, 6.07) is 7.96. The molecule has 2 aliphatic carbocycles. The molecule has 2 unspecified atom stereocenters. The highest BCUT2D eigenvalue weighted by atomic mass is 19.1. The number of hydrogen-bond acceptors (Lipinski definition) is 1. The highest BCUT2D eigenvalue weighted by Crippen LogP contribution is 2.56. The van der Waals surface area contributed by atoms with Crippen LogP contribution in [0.25, 0.3) is 0 Å². The molecule has 0 aromatic heterocycles. The first kappa shape index (κ1) is 11.2. The van der Waals surface area contributed by atoms with Gasteiger partial charge in [-0.2, -0.15) is 0 Å². The van der Waals surface area contributed by atoms with E-state index >= 15 is 0 Å². The second-order valence-electron chi connectivity index (χ2n) is 5.60. The molecule has 0 aliphatic heterocycles. The van der Waals surface area contributed by atoms with Crippen LogP contribution in [-0.2, 0) is 5.41 Å². The fourth-order valence-electron chi connectivity index (χ4n) is 3.03. The van der Waals surface area contributed by atoms with E-state index in [0.29, 0.717) is 5.92 Å². The summed E-state index contributed by atoms with van der Waals surface area (Å²) >= 11 is 0. The Morgan fingerprint density at radius 2 is 2.24 bits per heavy atom. The van der Waals surface area contributed by atoms with Crippen molar-refractivity contribution in [1.29, 1.82) is 0 Å². The summed E-state index contributed by atoms with van der Waals surface area (Å²) in [7, 11) is 0. The largest absolute Gasteiger partial charge is 0.314 e. The number of benzene rings is 1. The second-order valence-corrected chi connectivity index (χ2v) is 5.60. The average molecular weight is 233 g/mol. The molecule has 3 rings (SSSR count). The topological polar surface area (TPSA) is 12.0 Å². The predicted octanol–water partition coefficient (Wildman–Crippen LogP) is 3.25. The zero-order chi connectivity index (χ0) is 11.9.